The molecule has 0 N–H and O–H groups in total. The lowest BCUT2D eigenvalue weighted by molar-refractivity contribution is -0.146. The van der Waals surface area contributed by atoms with Crippen molar-refractivity contribution in [3.63, 3.8) is 0 Å². The average Bonchev–Trinajstić information content (AvgIpc) is 3.35. The minimum absolute atomic E-state index is 0.107. The summed E-state index contributed by atoms with van der Waals surface area (Å²) in [5.41, 5.74) is 1.97. The molecule has 3 aromatic rings. The van der Waals surface area contributed by atoms with Crippen LogP contribution in [0.2, 0.25) is 0 Å². The smallest absolute Gasteiger partial charge is 0.338 e. The second kappa shape index (κ2) is 10.1. The molecule has 0 fully saturated rings. The van der Waals surface area contributed by atoms with E-state index >= 15 is 0 Å². The number of thiazole rings is 1. The van der Waals surface area contributed by atoms with Gasteiger partial charge < -0.3 is 9.57 Å². The largest absolute Gasteiger partial charge is 0.463 e. The zero-order chi connectivity index (χ0) is 27.0. The molecule has 0 bridgehead atoms. The number of rotatable bonds is 5. The number of esters is 1. The standard InChI is InChI=1S/C28H23N3O6S/c1-4-36-27(35)22-16(2)29-28-30(21(22)15-14-18-10-6-5-7-11-18)26(34)24(38-28)23-19-12-8-9-13-20(19)31(25(23)33)37-17(3)32/h5-15,21H,4H2,1-3H3/b15-14-,24-23-/t21-/m0/s1. The zero-order valence-electron chi connectivity index (χ0n) is 20.8. The summed E-state index contributed by atoms with van der Waals surface area (Å²) in [7, 11) is 0. The third kappa shape index (κ3) is 4.28. The molecule has 0 saturated heterocycles. The molecular formula is C28H23N3O6S. The van der Waals surface area contributed by atoms with Gasteiger partial charge in [-0.3, -0.25) is 14.2 Å². The molecule has 1 aromatic heterocycles. The molecule has 0 radical (unpaired) electrons. The van der Waals surface area contributed by atoms with Crippen molar-refractivity contribution in [2.24, 2.45) is 4.99 Å². The molecule has 3 heterocycles. The first-order chi connectivity index (χ1) is 18.3. The second-order valence-electron chi connectivity index (χ2n) is 8.51. The van der Waals surface area contributed by atoms with Crippen LogP contribution in [0.1, 0.15) is 37.9 Å². The van der Waals surface area contributed by atoms with E-state index in [1.54, 1.807) is 44.2 Å². The SMILES string of the molecule is CCOC(=O)C1=C(C)N=c2s/c(=C3\C(=O)N(OC(C)=O)c4ccccc43)c(=O)n2[C@H]1/C=C\c1ccccc1. The maximum atomic E-state index is 13.9. The number of hydrogen-bond acceptors (Lipinski definition) is 8. The molecule has 192 valence electrons. The zero-order valence-corrected chi connectivity index (χ0v) is 21.7. The summed E-state index contributed by atoms with van der Waals surface area (Å²) >= 11 is 1.04. The van der Waals surface area contributed by atoms with Crippen molar-refractivity contribution in [1.82, 2.24) is 4.57 Å². The number of allylic oxidation sites excluding steroid dienone is 2. The molecule has 0 aliphatic carbocycles. The van der Waals surface area contributed by atoms with E-state index in [0.29, 0.717) is 21.7 Å². The molecular weight excluding hydrogens is 506 g/mol. The number of ether oxygens (including phenoxy) is 1. The number of benzene rings is 2. The van der Waals surface area contributed by atoms with Gasteiger partial charge in [0.25, 0.3) is 11.5 Å². The van der Waals surface area contributed by atoms with Gasteiger partial charge in [0, 0.05) is 12.5 Å². The Labute approximate surface area is 221 Å². The molecule has 5 rings (SSSR count). The van der Waals surface area contributed by atoms with Crippen LogP contribution in [0.25, 0.3) is 11.6 Å². The third-order valence-electron chi connectivity index (χ3n) is 6.04. The second-order valence-corrected chi connectivity index (χ2v) is 9.49. The van der Waals surface area contributed by atoms with Gasteiger partial charge in [-0.2, -0.15) is 0 Å². The van der Waals surface area contributed by atoms with Crippen LogP contribution in [0.5, 0.6) is 0 Å². The highest BCUT2D eigenvalue weighted by atomic mass is 32.1. The summed E-state index contributed by atoms with van der Waals surface area (Å²) in [5.74, 6) is -1.88. The fraction of sp³-hybridized carbons (Fsp3) is 0.179. The molecule has 2 aromatic carbocycles. The molecule has 0 unspecified atom stereocenters. The summed E-state index contributed by atoms with van der Waals surface area (Å²) in [6, 6.07) is 15.4. The predicted octanol–water partition coefficient (Wildman–Crippen LogP) is 2.66. The van der Waals surface area contributed by atoms with Gasteiger partial charge in [0.2, 0.25) is 0 Å². The van der Waals surface area contributed by atoms with Gasteiger partial charge in [0.05, 0.1) is 35.2 Å². The summed E-state index contributed by atoms with van der Waals surface area (Å²) in [4.78, 5) is 62.1. The van der Waals surface area contributed by atoms with Crippen molar-refractivity contribution in [3.05, 3.63) is 103 Å². The minimum atomic E-state index is -0.809. The lowest BCUT2D eigenvalue weighted by Crippen LogP contribution is -2.40. The highest BCUT2D eigenvalue weighted by Crippen LogP contribution is 2.35. The van der Waals surface area contributed by atoms with Gasteiger partial charge in [0.15, 0.2) is 4.80 Å². The Morgan fingerprint density at radius 1 is 1.08 bits per heavy atom. The summed E-state index contributed by atoms with van der Waals surface area (Å²) in [6.45, 7) is 4.75. The minimum Gasteiger partial charge on any atom is -0.463 e. The lowest BCUT2D eigenvalue weighted by Gasteiger charge is -2.21. The number of amides is 1. The molecule has 1 atom stereocenters. The number of hydroxylamine groups is 1. The third-order valence-corrected chi connectivity index (χ3v) is 7.10. The Morgan fingerprint density at radius 2 is 1.79 bits per heavy atom. The van der Waals surface area contributed by atoms with E-state index in [1.165, 1.54) is 11.5 Å². The quantitative estimate of drug-likeness (QED) is 0.471. The predicted molar refractivity (Wildman–Crippen MR) is 141 cm³/mol. The molecule has 38 heavy (non-hydrogen) atoms. The first-order valence-electron chi connectivity index (χ1n) is 11.9. The Bertz CT molecular complexity index is 1710. The lowest BCUT2D eigenvalue weighted by atomic mass is 10.0. The Hall–Kier alpha value is -4.57. The first-order valence-corrected chi connectivity index (χ1v) is 12.7. The molecule has 1 amide bonds. The number of carbonyl (C=O) groups excluding carboxylic acids is 3. The van der Waals surface area contributed by atoms with Gasteiger partial charge in [-0.05, 0) is 25.5 Å². The molecule has 0 saturated carbocycles. The molecule has 9 nitrogen and oxygen atoms in total. The number of hydrogen-bond donors (Lipinski definition) is 0. The monoisotopic (exact) mass is 529 g/mol. The molecule has 0 spiro atoms. The van der Waals surface area contributed by atoms with E-state index in [-0.39, 0.29) is 22.3 Å². The van der Waals surface area contributed by atoms with Crippen LogP contribution in [-0.4, -0.2) is 29.0 Å². The van der Waals surface area contributed by atoms with Crippen LogP contribution in [0.4, 0.5) is 5.69 Å². The molecule has 2 aliphatic rings. The number of para-hydroxylation sites is 1. The maximum absolute atomic E-state index is 13.9. The highest BCUT2D eigenvalue weighted by Gasteiger charge is 2.38. The van der Waals surface area contributed by atoms with Crippen molar-refractivity contribution < 1.29 is 24.0 Å². The van der Waals surface area contributed by atoms with Gasteiger partial charge in [0.1, 0.15) is 4.53 Å². The van der Waals surface area contributed by atoms with Crippen molar-refractivity contribution in [2.75, 3.05) is 11.7 Å². The van der Waals surface area contributed by atoms with Gasteiger partial charge in [-0.1, -0.05) is 72.0 Å². The number of aromatic nitrogens is 1. The number of fused-ring (bicyclic) bond motifs is 2. The van der Waals surface area contributed by atoms with E-state index in [9.17, 15) is 19.2 Å². The number of carbonyl (C=O) groups is 3. The van der Waals surface area contributed by atoms with Crippen LogP contribution in [0, 0.1) is 0 Å². The summed E-state index contributed by atoms with van der Waals surface area (Å²) in [6.07, 6.45) is 3.57. The molecule has 2 aliphatic heterocycles. The Morgan fingerprint density at radius 3 is 2.50 bits per heavy atom. The van der Waals surface area contributed by atoms with E-state index in [4.69, 9.17) is 9.57 Å². The average molecular weight is 530 g/mol. The van der Waals surface area contributed by atoms with Gasteiger partial charge in [-0.25, -0.2) is 14.6 Å². The first kappa shape index (κ1) is 25.1. The number of nitrogens with zero attached hydrogens (tertiary/aromatic N) is 3. The van der Waals surface area contributed by atoms with Gasteiger partial charge >= 0.3 is 11.9 Å². The van der Waals surface area contributed by atoms with Crippen LogP contribution >= 0.6 is 11.3 Å². The van der Waals surface area contributed by atoms with Crippen molar-refractivity contribution in [1.29, 1.82) is 0 Å². The Balaban J connectivity index is 1.74. The van der Waals surface area contributed by atoms with Crippen LogP contribution in [0.15, 0.2) is 81.7 Å². The topological polar surface area (TPSA) is 107 Å². The fourth-order valence-corrected chi connectivity index (χ4v) is 5.61. The maximum Gasteiger partial charge on any atom is 0.338 e. The van der Waals surface area contributed by atoms with Crippen LogP contribution in [-0.2, 0) is 24.0 Å². The van der Waals surface area contributed by atoms with E-state index in [1.807, 2.05) is 36.4 Å². The summed E-state index contributed by atoms with van der Waals surface area (Å²) in [5, 5.41) is 0.896. The van der Waals surface area contributed by atoms with E-state index in [0.717, 1.165) is 22.0 Å². The Kier molecular flexibility index (Phi) is 6.64. The van der Waals surface area contributed by atoms with Crippen molar-refractivity contribution >= 4 is 46.5 Å². The van der Waals surface area contributed by atoms with E-state index < -0.39 is 29.4 Å². The number of anilines is 1. The van der Waals surface area contributed by atoms with Crippen LogP contribution in [0.3, 0.4) is 0 Å². The van der Waals surface area contributed by atoms with E-state index in [2.05, 4.69) is 4.99 Å². The van der Waals surface area contributed by atoms with Gasteiger partial charge in [-0.15, -0.1) is 5.06 Å². The molecule has 10 heteroatoms. The van der Waals surface area contributed by atoms with Crippen molar-refractivity contribution in [3.8, 4) is 0 Å². The highest BCUT2D eigenvalue weighted by molar-refractivity contribution is 7.07. The van der Waals surface area contributed by atoms with Crippen molar-refractivity contribution in [2.45, 2.75) is 26.8 Å². The summed E-state index contributed by atoms with van der Waals surface area (Å²) < 4.78 is 6.82. The normalized spacial score (nSPS) is 17.8. The van der Waals surface area contributed by atoms with Crippen LogP contribution < -0.4 is 20.0 Å². The fourth-order valence-electron chi connectivity index (χ4n) is 4.46.